The van der Waals surface area contributed by atoms with Crippen molar-refractivity contribution in [2.24, 2.45) is 5.41 Å². The Morgan fingerprint density at radius 2 is 2.04 bits per heavy atom. The number of amides is 1. The molecule has 0 heterocycles. The molecule has 0 aliphatic heterocycles. The highest BCUT2D eigenvalue weighted by Gasteiger charge is 2.59. The predicted octanol–water partition coefficient (Wildman–Crippen LogP) is 3.48. The molecule has 4 nitrogen and oxygen atoms in total. The van der Waals surface area contributed by atoms with Gasteiger partial charge in [-0.05, 0) is 26.2 Å². The summed E-state index contributed by atoms with van der Waals surface area (Å²) in [5.74, 6) is -3.22. The number of carbonyl (C=O) groups is 1. The van der Waals surface area contributed by atoms with Crippen molar-refractivity contribution in [1.29, 1.82) is 0 Å². The lowest BCUT2D eigenvalue weighted by Gasteiger charge is -2.57. The Morgan fingerprint density at radius 3 is 2.62 bits per heavy atom. The van der Waals surface area contributed by atoms with Crippen molar-refractivity contribution in [3.05, 3.63) is 29.3 Å². The number of benzene rings is 1. The third-order valence-electron chi connectivity index (χ3n) is 5.68. The van der Waals surface area contributed by atoms with E-state index >= 15 is 0 Å². The van der Waals surface area contributed by atoms with Gasteiger partial charge in [0.25, 0.3) is 5.91 Å². The first-order valence-corrected chi connectivity index (χ1v) is 8.47. The van der Waals surface area contributed by atoms with Crippen molar-refractivity contribution < 1.29 is 23.4 Å². The minimum absolute atomic E-state index is 0.0482. The van der Waals surface area contributed by atoms with E-state index in [4.69, 9.17) is 4.74 Å². The molecule has 132 valence electrons. The molecule has 0 bridgehead atoms. The fraction of sp³-hybridized carbons (Fsp3) is 0.611. The molecular weight excluding hydrogens is 316 g/mol. The van der Waals surface area contributed by atoms with Crippen LogP contribution in [0.3, 0.4) is 0 Å². The van der Waals surface area contributed by atoms with E-state index in [9.17, 15) is 18.7 Å². The minimum Gasteiger partial charge on any atom is -0.507 e. The van der Waals surface area contributed by atoms with Gasteiger partial charge < -0.3 is 14.7 Å². The third kappa shape index (κ3) is 2.57. The van der Waals surface area contributed by atoms with Gasteiger partial charge in [-0.25, -0.2) is 8.78 Å². The van der Waals surface area contributed by atoms with Crippen molar-refractivity contribution in [2.45, 2.75) is 51.2 Å². The van der Waals surface area contributed by atoms with Crippen molar-refractivity contribution in [3.63, 3.8) is 0 Å². The lowest BCUT2D eigenvalue weighted by atomic mass is 9.60. The summed E-state index contributed by atoms with van der Waals surface area (Å²) in [4.78, 5) is 14.2. The second-order valence-corrected chi connectivity index (χ2v) is 6.83. The van der Waals surface area contributed by atoms with Crippen LogP contribution in [0, 0.1) is 17.0 Å². The fourth-order valence-corrected chi connectivity index (χ4v) is 4.48. The molecule has 6 heteroatoms. The van der Waals surface area contributed by atoms with Crippen LogP contribution in [0.2, 0.25) is 0 Å². The van der Waals surface area contributed by atoms with Crippen LogP contribution in [0.1, 0.15) is 49.4 Å². The zero-order valence-electron chi connectivity index (χ0n) is 14.0. The van der Waals surface area contributed by atoms with E-state index in [-0.39, 0.29) is 17.6 Å². The van der Waals surface area contributed by atoms with Gasteiger partial charge in [0.2, 0.25) is 0 Å². The van der Waals surface area contributed by atoms with Crippen LogP contribution in [-0.4, -0.2) is 41.7 Å². The Morgan fingerprint density at radius 1 is 1.38 bits per heavy atom. The fourth-order valence-electron chi connectivity index (χ4n) is 4.48. The number of rotatable bonds is 4. The summed E-state index contributed by atoms with van der Waals surface area (Å²) in [5, 5.41) is 9.80. The van der Waals surface area contributed by atoms with E-state index in [0.29, 0.717) is 19.1 Å². The van der Waals surface area contributed by atoms with Gasteiger partial charge in [0, 0.05) is 37.2 Å². The summed E-state index contributed by atoms with van der Waals surface area (Å²) in [6.07, 6.45) is 4.99. The van der Waals surface area contributed by atoms with Crippen molar-refractivity contribution >= 4 is 5.91 Å². The summed E-state index contributed by atoms with van der Waals surface area (Å²) in [6.45, 7) is 2.58. The number of ether oxygens (including phenoxy) is 1. The van der Waals surface area contributed by atoms with Gasteiger partial charge in [-0.15, -0.1) is 0 Å². The van der Waals surface area contributed by atoms with Crippen LogP contribution in [0.15, 0.2) is 12.1 Å². The highest BCUT2D eigenvalue weighted by atomic mass is 19.1. The summed E-state index contributed by atoms with van der Waals surface area (Å²) in [7, 11) is 1.62. The highest BCUT2D eigenvalue weighted by Crippen LogP contribution is 2.56. The highest BCUT2D eigenvalue weighted by molar-refractivity contribution is 5.97. The van der Waals surface area contributed by atoms with Crippen LogP contribution in [0.4, 0.5) is 8.78 Å². The van der Waals surface area contributed by atoms with Gasteiger partial charge in [-0.2, -0.15) is 0 Å². The molecule has 0 unspecified atom stereocenters. The van der Waals surface area contributed by atoms with Gasteiger partial charge in [0.05, 0.1) is 6.10 Å². The van der Waals surface area contributed by atoms with Gasteiger partial charge in [-0.3, -0.25) is 4.79 Å². The number of carbonyl (C=O) groups excluding carboxylic acids is 1. The molecule has 3 rings (SSSR count). The van der Waals surface area contributed by atoms with Crippen molar-refractivity contribution in [3.8, 4) is 5.75 Å². The first-order chi connectivity index (χ1) is 11.4. The molecule has 1 aromatic rings. The zero-order chi connectivity index (χ0) is 17.5. The maximum atomic E-state index is 14.0. The summed E-state index contributed by atoms with van der Waals surface area (Å²) in [5.41, 5.74) is -0.543. The van der Waals surface area contributed by atoms with Crippen LogP contribution in [0.25, 0.3) is 0 Å². The molecule has 2 fully saturated rings. The number of phenolic OH excluding ortho intramolecular Hbond substituents is 1. The molecule has 24 heavy (non-hydrogen) atoms. The average Bonchev–Trinajstić information content (AvgIpc) is 3.02. The molecule has 2 saturated carbocycles. The summed E-state index contributed by atoms with van der Waals surface area (Å²) in [6, 6.07) is 1.34. The van der Waals surface area contributed by atoms with Gasteiger partial charge in [0.15, 0.2) is 0 Å². The van der Waals surface area contributed by atoms with Crippen LogP contribution < -0.4 is 0 Å². The number of hydrogen-bond acceptors (Lipinski definition) is 3. The quantitative estimate of drug-likeness (QED) is 0.914. The monoisotopic (exact) mass is 339 g/mol. The van der Waals surface area contributed by atoms with Crippen molar-refractivity contribution in [1.82, 2.24) is 4.90 Å². The number of hydrogen-bond donors (Lipinski definition) is 1. The molecule has 2 atom stereocenters. The molecule has 0 aromatic heterocycles. The largest absolute Gasteiger partial charge is 0.507 e. The second kappa shape index (κ2) is 6.31. The van der Waals surface area contributed by atoms with Gasteiger partial charge in [0.1, 0.15) is 22.9 Å². The Balaban J connectivity index is 1.84. The minimum atomic E-state index is -1.04. The molecule has 1 amide bonds. The molecule has 1 N–H and O–H groups in total. The first kappa shape index (κ1) is 17.1. The number of halogens is 2. The zero-order valence-corrected chi connectivity index (χ0v) is 14.0. The normalized spacial score (nSPS) is 24.8. The standard InChI is InChI=1S/C18H23F2NO3/c1-3-24-15-10-14(18(15)6-4-5-7-18)21(2)17(23)16-12(20)8-11(19)9-13(16)22/h8-9,14-15,22H,3-7,10H2,1-2H3/t14-,15-/m1/s1. The van der Waals surface area contributed by atoms with E-state index in [2.05, 4.69) is 0 Å². The molecule has 0 saturated heterocycles. The predicted molar refractivity (Wildman–Crippen MR) is 84.8 cm³/mol. The molecule has 1 spiro atoms. The first-order valence-electron chi connectivity index (χ1n) is 8.47. The van der Waals surface area contributed by atoms with E-state index in [1.807, 2.05) is 6.92 Å². The van der Waals surface area contributed by atoms with E-state index in [1.165, 1.54) is 4.90 Å². The van der Waals surface area contributed by atoms with Crippen LogP contribution in [0.5, 0.6) is 5.75 Å². The molecule has 2 aliphatic rings. The van der Waals surface area contributed by atoms with E-state index in [0.717, 1.165) is 31.7 Å². The van der Waals surface area contributed by atoms with Crippen LogP contribution >= 0.6 is 0 Å². The van der Waals surface area contributed by atoms with E-state index < -0.39 is 28.9 Å². The Kier molecular flexibility index (Phi) is 4.51. The molecule has 2 aliphatic carbocycles. The Hall–Kier alpha value is -1.69. The summed E-state index contributed by atoms with van der Waals surface area (Å²) < 4.78 is 33.0. The second-order valence-electron chi connectivity index (χ2n) is 6.83. The average molecular weight is 339 g/mol. The lowest BCUT2D eigenvalue weighted by Crippen LogP contribution is -2.64. The molecule has 1 aromatic carbocycles. The molecule has 0 radical (unpaired) electrons. The lowest BCUT2D eigenvalue weighted by molar-refractivity contribution is -0.152. The third-order valence-corrected chi connectivity index (χ3v) is 5.68. The number of nitrogens with zero attached hydrogens (tertiary/aromatic N) is 1. The van der Waals surface area contributed by atoms with Gasteiger partial charge >= 0.3 is 0 Å². The smallest absolute Gasteiger partial charge is 0.260 e. The van der Waals surface area contributed by atoms with Crippen LogP contribution in [-0.2, 0) is 4.74 Å². The maximum Gasteiger partial charge on any atom is 0.260 e. The van der Waals surface area contributed by atoms with Crippen molar-refractivity contribution in [2.75, 3.05) is 13.7 Å². The molecular formula is C18H23F2NO3. The number of phenols is 1. The number of aromatic hydroxyl groups is 1. The van der Waals surface area contributed by atoms with E-state index in [1.54, 1.807) is 7.05 Å². The topological polar surface area (TPSA) is 49.8 Å². The maximum absolute atomic E-state index is 14.0. The Labute approximate surface area is 140 Å². The van der Waals surface area contributed by atoms with Gasteiger partial charge in [-0.1, -0.05) is 12.8 Å². The Bertz CT molecular complexity index is 620. The SMILES string of the molecule is CCO[C@@H]1C[C@@H](N(C)C(=O)c2c(O)cc(F)cc2F)C12CCCC2. The summed E-state index contributed by atoms with van der Waals surface area (Å²) >= 11 is 0.